The van der Waals surface area contributed by atoms with E-state index < -0.39 is 0 Å². The average molecular weight is 1760 g/mol. The average Bonchev–Trinajstić information content (AvgIpc) is 1.54. The van der Waals surface area contributed by atoms with Crippen LogP contribution in [0.4, 0.5) is 5.69 Å². The van der Waals surface area contributed by atoms with Crippen molar-refractivity contribution in [3.8, 4) is 95.9 Å². The Morgan fingerprint density at radius 3 is 0.885 bits per heavy atom. The molecule has 0 amide bonds. The highest BCUT2D eigenvalue weighted by molar-refractivity contribution is 6.37. The van der Waals surface area contributed by atoms with Crippen molar-refractivity contribution in [3.05, 3.63) is 485 Å². The Bertz CT molecular complexity index is 10100. The first-order chi connectivity index (χ1) is 68.9. The van der Waals surface area contributed by atoms with Gasteiger partial charge in [-0.15, -0.1) is 0 Å². The van der Waals surface area contributed by atoms with Crippen LogP contribution >= 0.6 is 0 Å². The summed E-state index contributed by atoms with van der Waals surface area (Å²) in [6.45, 7) is 7.66. The smallest absolute Gasteiger partial charge is 0.188 e. The molecule has 5 heterocycles. The standard InChI is InChI=1S/C46H27N3.C43H25N.C42H26N4/c1-47-32-24-26-43-40(28-32)39-27-31(23-25-42(39)49(43)33-11-3-2-4-12-33)29-19-21-30(22-20-29)46-45-37-16-8-6-14-35(37)34-13-5-7-15-36(34)44(45)38-17-9-10-18-41(38)48-46;1-3-12-34-32(10-1)33-11-2-4-13-35(33)42-41(34)37-14-5-6-15-38(37)44-43(42)30-20-16-26(17-21-30)31-24-22-29-19-18-27-8-7-9-28-23-25-36(31)40(29)39(27)28;1-3-13-28(14-4-1)40-44-41(29-15-5-2-6-16-29)46-42(45-40)30-25-23-27(24-26-30)39-38-34-20-10-8-18-32(34)31-17-7-9-19-33(31)37(38)35-21-11-12-22-36(35)43-39/h2-28H;1-25H;1-26H. The van der Waals surface area contributed by atoms with E-state index in [4.69, 9.17) is 36.5 Å². The molecule has 0 atom stereocenters. The first-order valence-corrected chi connectivity index (χ1v) is 47.1. The summed E-state index contributed by atoms with van der Waals surface area (Å²) >= 11 is 0. The van der Waals surface area contributed by atoms with Crippen LogP contribution in [0.3, 0.4) is 0 Å². The third-order valence-corrected chi connectivity index (χ3v) is 28.2. The van der Waals surface area contributed by atoms with Crippen LogP contribution in [-0.4, -0.2) is 34.5 Å². The van der Waals surface area contributed by atoms with Crippen LogP contribution in [0, 0.1) is 6.57 Å². The van der Waals surface area contributed by atoms with Gasteiger partial charge >= 0.3 is 0 Å². The molecule has 29 aromatic rings. The molecule has 0 unspecified atom stereocenters. The van der Waals surface area contributed by atoms with Gasteiger partial charge in [-0.2, -0.15) is 0 Å². The summed E-state index contributed by atoms with van der Waals surface area (Å²) in [5, 5.41) is 35.9. The molecule has 8 nitrogen and oxygen atoms in total. The molecule has 0 saturated carbocycles. The van der Waals surface area contributed by atoms with E-state index >= 15 is 0 Å². The second-order valence-corrected chi connectivity index (χ2v) is 35.9. The van der Waals surface area contributed by atoms with E-state index in [0.29, 0.717) is 23.2 Å². The van der Waals surface area contributed by atoms with E-state index in [1.807, 2.05) is 78.9 Å². The Morgan fingerprint density at radius 1 is 0.173 bits per heavy atom. The van der Waals surface area contributed by atoms with Crippen LogP contribution < -0.4 is 0 Å². The van der Waals surface area contributed by atoms with Crippen molar-refractivity contribution in [1.82, 2.24) is 34.5 Å². The topological polar surface area (TPSA) is 86.6 Å². The maximum Gasteiger partial charge on any atom is 0.188 e. The minimum atomic E-state index is 0.632. The van der Waals surface area contributed by atoms with Gasteiger partial charge in [-0.25, -0.2) is 34.7 Å². The second kappa shape index (κ2) is 32.8. The summed E-state index contributed by atoms with van der Waals surface area (Å²) in [5.74, 6) is 1.93. The minimum absolute atomic E-state index is 0.632. The highest BCUT2D eigenvalue weighted by atomic mass is 15.0. The summed E-state index contributed by atoms with van der Waals surface area (Å²) in [6, 6.07) is 168. The van der Waals surface area contributed by atoms with E-state index in [-0.39, 0.29) is 0 Å². The highest BCUT2D eigenvalue weighted by Gasteiger charge is 2.25. The monoisotopic (exact) mass is 1760 g/mol. The fourth-order valence-electron chi connectivity index (χ4n) is 22.0. The Balaban J connectivity index is 0.000000105. The molecule has 0 aliphatic rings. The van der Waals surface area contributed by atoms with Crippen LogP contribution in [0.5, 0.6) is 0 Å². The molecule has 139 heavy (non-hydrogen) atoms. The maximum absolute atomic E-state index is 7.66. The summed E-state index contributed by atoms with van der Waals surface area (Å²) in [4.78, 5) is 34.4. The molecule has 0 aliphatic carbocycles. The molecule has 0 fully saturated rings. The Labute approximate surface area is 798 Å². The van der Waals surface area contributed by atoms with Crippen molar-refractivity contribution < 1.29 is 0 Å². The molecule has 5 aromatic heterocycles. The summed E-state index contributed by atoms with van der Waals surface area (Å²) in [6.07, 6.45) is 0. The molecular formula is C131H78N8. The molecule has 642 valence electrons. The first kappa shape index (κ1) is 79.9. The van der Waals surface area contributed by atoms with Gasteiger partial charge in [0.2, 0.25) is 0 Å². The molecule has 8 heteroatoms. The van der Waals surface area contributed by atoms with Gasteiger partial charge in [0.1, 0.15) is 0 Å². The fraction of sp³-hybridized carbons (Fsp3) is 0. The van der Waals surface area contributed by atoms with Crippen LogP contribution in [0.2, 0.25) is 0 Å². The summed E-state index contributed by atoms with van der Waals surface area (Å²) in [5.41, 5.74) is 20.8. The number of hydrogen-bond donors (Lipinski definition) is 0. The lowest BCUT2D eigenvalue weighted by molar-refractivity contribution is 1.07. The van der Waals surface area contributed by atoms with Crippen molar-refractivity contribution in [3.63, 3.8) is 0 Å². The zero-order valence-electron chi connectivity index (χ0n) is 75.1. The Morgan fingerprint density at radius 2 is 0.475 bits per heavy atom. The van der Waals surface area contributed by atoms with Crippen molar-refractivity contribution in [2.75, 3.05) is 0 Å². The van der Waals surface area contributed by atoms with Gasteiger partial charge in [0.15, 0.2) is 23.2 Å². The van der Waals surface area contributed by atoms with Crippen LogP contribution in [0.1, 0.15) is 0 Å². The zero-order valence-corrected chi connectivity index (χ0v) is 75.1. The summed E-state index contributed by atoms with van der Waals surface area (Å²) in [7, 11) is 0. The molecular weight excluding hydrogens is 1690 g/mol. The van der Waals surface area contributed by atoms with Crippen LogP contribution in [-0.2, 0) is 0 Å². The van der Waals surface area contributed by atoms with E-state index in [1.54, 1.807) is 0 Å². The van der Waals surface area contributed by atoms with Crippen molar-refractivity contribution in [2.24, 2.45) is 0 Å². The zero-order chi connectivity index (χ0) is 91.7. The third-order valence-electron chi connectivity index (χ3n) is 28.2. The quantitative estimate of drug-likeness (QED) is 0.106. The molecule has 0 bridgehead atoms. The Hall–Kier alpha value is -18.8. The number of rotatable bonds is 9. The van der Waals surface area contributed by atoms with Gasteiger partial charge in [-0.3, -0.25) is 0 Å². The van der Waals surface area contributed by atoms with Crippen LogP contribution in [0.15, 0.2) is 473 Å². The van der Waals surface area contributed by atoms with Gasteiger partial charge in [0.25, 0.3) is 0 Å². The second-order valence-electron chi connectivity index (χ2n) is 35.9. The molecule has 0 spiro atoms. The van der Waals surface area contributed by atoms with Crippen molar-refractivity contribution in [2.45, 2.75) is 0 Å². The van der Waals surface area contributed by atoms with E-state index in [2.05, 4.69) is 404 Å². The molecule has 24 aromatic carbocycles. The predicted octanol–water partition coefficient (Wildman–Crippen LogP) is 35.1. The minimum Gasteiger partial charge on any atom is -0.309 e. The third kappa shape index (κ3) is 13.3. The summed E-state index contributed by atoms with van der Waals surface area (Å²) < 4.78 is 2.29. The lowest BCUT2D eigenvalue weighted by Gasteiger charge is -2.17. The maximum atomic E-state index is 7.66. The highest BCUT2D eigenvalue weighted by Crippen LogP contribution is 2.50. The van der Waals surface area contributed by atoms with E-state index in [0.717, 1.165) is 111 Å². The molecule has 0 radical (unpaired) electrons. The number of pyridine rings is 3. The molecule has 29 rings (SSSR count). The largest absolute Gasteiger partial charge is 0.309 e. The molecule has 0 aliphatic heterocycles. The number of aromatic nitrogens is 7. The number of para-hydroxylation sites is 4. The Kier molecular flexibility index (Phi) is 18.9. The number of benzene rings is 24. The predicted molar refractivity (Wildman–Crippen MR) is 584 cm³/mol. The van der Waals surface area contributed by atoms with Gasteiger partial charge in [-0.05, 0) is 179 Å². The van der Waals surface area contributed by atoms with Gasteiger partial charge in [0, 0.05) is 92.9 Å². The van der Waals surface area contributed by atoms with E-state index in [1.165, 1.54) is 151 Å². The number of hydrogen-bond acceptors (Lipinski definition) is 6. The lowest BCUT2D eigenvalue weighted by atomic mass is 9.88. The fourth-order valence-corrected chi connectivity index (χ4v) is 22.0. The van der Waals surface area contributed by atoms with Crippen molar-refractivity contribution in [1.29, 1.82) is 0 Å². The molecule has 0 N–H and O–H groups in total. The van der Waals surface area contributed by atoms with E-state index in [9.17, 15) is 0 Å². The van der Waals surface area contributed by atoms with Crippen LogP contribution in [0.25, 0.3) is 285 Å². The molecule has 0 saturated heterocycles. The SMILES string of the molecule is [C-]#[N+]c1ccc2c(c1)c1cc(-c3ccc(-c4nc5ccccc5c5c6ccccc6c6ccccc6c45)cc3)ccc1n2-c1ccccc1.c1cc2ccc3ccc(-c4ccc(-c5nc6ccccc6c6c7ccccc7c7ccccc7c56)cc4)c4ccc(c1)c2c34.c1ccc(-c2nc(-c3ccccc3)nc(-c3ccc(-c4nc5ccccc5c5c6ccccc6c6ccccc6c45)cc3)n2)cc1. The number of nitrogens with zero attached hydrogens (tertiary/aromatic N) is 8. The normalized spacial score (nSPS) is 11.7. The van der Waals surface area contributed by atoms with Gasteiger partial charge in [-0.1, -0.05) is 419 Å². The number of fused-ring (bicyclic) bond motifs is 27. The van der Waals surface area contributed by atoms with Crippen molar-refractivity contribution >= 4 is 189 Å². The van der Waals surface area contributed by atoms with Gasteiger partial charge in [0.05, 0.1) is 51.2 Å². The van der Waals surface area contributed by atoms with Gasteiger partial charge < -0.3 is 4.57 Å². The lowest BCUT2D eigenvalue weighted by Crippen LogP contribution is -2.00. The first-order valence-electron chi connectivity index (χ1n) is 47.1.